The van der Waals surface area contributed by atoms with Crippen LogP contribution in [-0.2, 0) is 11.4 Å². The number of hydrogen-bond acceptors (Lipinski definition) is 4. The summed E-state index contributed by atoms with van der Waals surface area (Å²) in [7, 11) is 0. The smallest absolute Gasteiger partial charge is 0.227 e. The summed E-state index contributed by atoms with van der Waals surface area (Å²) >= 11 is 0. The monoisotopic (exact) mass is 220 g/mol. The molecule has 4 nitrogen and oxygen atoms in total. The Labute approximate surface area is 92.8 Å². The van der Waals surface area contributed by atoms with Crippen molar-refractivity contribution in [3.8, 4) is 5.75 Å². The molecule has 16 heavy (non-hydrogen) atoms. The molecule has 2 rings (SSSR count). The molecular formula is C12H12O4. The van der Waals surface area contributed by atoms with E-state index < -0.39 is 6.29 Å². The molecule has 0 aromatic heterocycles. The molecule has 1 atom stereocenters. The number of carbonyl (C=O) groups is 1. The van der Waals surface area contributed by atoms with Crippen molar-refractivity contribution < 1.29 is 19.7 Å². The minimum Gasteiger partial charge on any atom is -0.460 e. The maximum Gasteiger partial charge on any atom is 0.227 e. The van der Waals surface area contributed by atoms with Crippen molar-refractivity contribution in [2.24, 2.45) is 0 Å². The molecule has 0 bridgehead atoms. The molecule has 1 unspecified atom stereocenters. The summed E-state index contributed by atoms with van der Waals surface area (Å²) in [5.74, 6) is 0.258. The Balaban J connectivity index is 2.45. The number of rotatable bonds is 2. The van der Waals surface area contributed by atoms with Gasteiger partial charge < -0.3 is 14.9 Å². The van der Waals surface area contributed by atoms with Crippen LogP contribution in [0, 0.1) is 0 Å². The molecule has 1 aromatic rings. The zero-order valence-corrected chi connectivity index (χ0v) is 8.80. The van der Waals surface area contributed by atoms with Gasteiger partial charge in [0, 0.05) is 5.56 Å². The Morgan fingerprint density at radius 3 is 2.88 bits per heavy atom. The van der Waals surface area contributed by atoms with Crippen LogP contribution in [0.2, 0.25) is 0 Å². The molecule has 0 saturated carbocycles. The van der Waals surface area contributed by atoms with Crippen molar-refractivity contribution in [3.05, 3.63) is 34.9 Å². The largest absolute Gasteiger partial charge is 0.460 e. The minimum absolute atomic E-state index is 0.0873. The Hall–Kier alpha value is -1.65. The number of aliphatic hydroxyl groups is 2. The Bertz CT molecular complexity index is 462. The zero-order valence-electron chi connectivity index (χ0n) is 8.80. The van der Waals surface area contributed by atoms with E-state index in [2.05, 4.69) is 0 Å². The van der Waals surface area contributed by atoms with Crippen LogP contribution in [0.25, 0.3) is 6.08 Å². The molecule has 0 amide bonds. The van der Waals surface area contributed by atoms with Crippen LogP contribution in [0.1, 0.15) is 18.1 Å². The predicted molar refractivity (Wildman–Crippen MR) is 57.7 cm³/mol. The first kappa shape index (κ1) is 10.9. The average Bonchev–Trinajstić information content (AvgIpc) is 2.27. The van der Waals surface area contributed by atoms with E-state index in [0.29, 0.717) is 11.3 Å². The second-order valence-corrected chi connectivity index (χ2v) is 3.66. The summed E-state index contributed by atoms with van der Waals surface area (Å²) < 4.78 is 5.20. The van der Waals surface area contributed by atoms with Crippen molar-refractivity contribution >= 4 is 11.9 Å². The lowest BCUT2D eigenvalue weighted by molar-refractivity contribution is -0.116. The second-order valence-electron chi connectivity index (χ2n) is 3.66. The van der Waals surface area contributed by atoms with Crippen molar-refractivity contribution in [1.82, 2.24) is 0 Å². The van der Waals surface area contributed by atoms with Crippen LogP contribution in [0.15, 0.2) is 23.8 Å². The van der Waals surface area contributed by atoms with Crippen LogP contribution >= 0.6 is 0 Å². The van der Waals surface area contributed by atoms with Crippen LogP contribution in [0.5, 0.6) is 5.75 Å². The zero-order chi connectivity index (χ0) is 11.7. The highest BCUT2D eigenvalue weighted by molar-refractivity contribution is 5.99. The van der Waals surface area contributed by atoms with Crippen molar-refractivity contribution in [3.63, 3.8) is 0 Å². The number of benzene rings is 1. The normalized spacial score (nSPS) is 18.4. The van der Waals surface area contributed by atoms with Gasteiger partial charge in [0.1, 0.15) is 5.75 Å². The first-order valence-electron chi connectivity index (χ1n) is 4.93. The summed E-state index contributed by atoms with van der Waals surface area (Å²) in [6.45, 7) is 1.29. The van der Waals surface area contributed by atoms with Gasteiger partial charge in [-0.25, -0.2) is 0 Å². The number of fused-ring (bicyclic) bond motifs is 1. The molecule has 0 saturated heterocycles. The standard InChI is InChI=1S/C12H12O4/c1-7(14)10-5-9-3-2-8(6-13)4-11(9)16-12(10)15/h2-5,12-13,15H,6H2,1H3. The van der Waals surface area contributed by atoms with Gasteiger partial charge in [0.2, 0.25) is 6.29 Å². The van der Waals surface area contributed by atoms with Crippen molar-refractivity contribution in [2.75, 3.05) is 0 Å². The molecule has 1 aliphatic rings. The number of ketones is 1. The maximum atomic E-state index is 11.2. The topological polar surface area (TPSA) is 66.8 Å². The Morgan fingerprint density at radius 1 is 1.50 bits per heavy atom. The minimum atomic E-state index is -1.22. The Kier molecular flexibility index (Phi) is 2.77. The van der Waals surface area contributed by atoms with E-state index in [1.807, 2.05) is 0 Å². The average molecular weight is 220 g/mol. The van der Waals surface area contributed by atoms with E-state index in [1.165, 1.54) is 6.92 Å². The van der Waals surface area contributed by atoms with Gasteiger partial charge in [0.05, 0.1) is 12.2 Å². The van der Waals surface area contributed by atoms with Gasteiger partial charge in [-0.1, -0.05) is 12.1 Å². The van der Waals surface area contributed by atoms with E-state index in [1.54, 1.807) is 24.3 Å². The molecule has 0 fully saturated rings. The third-order valence-electron chi connectivity index (χ3n) is 2.48. The van der Waals surface area contributed by atoms with Gasteiger partial charge in [-0.05, 0) is 24.6 Å². The molecule has 1 aromatic carbocycles. The second kappa shape index (κ2) is 4.08. The van der Waals surface area contributed by atoms with Crippen molar-refractivity contribution in [2.45, 2.75) is 19.8 Å². The molecule has 1 aliphatic heterocycles. The van der Waals surface area contributed by atoms with Gasteiger partial charge in [0.15, 0.2) is 5.78 Å². The van der Waals surface area contributed by atoms with Crippen LogP contribution in [-0.4, -0.2) is 22.3 Å². The molecule has 4 heteroatoms. The third-order valence-corrected chi connectivity index (χ3v) is 2.48. The number of ether oxygens (including phenoxy) is 1. The van der Waals surface area contributed by atoms with E-state index in [4.69, 9.17) is 9.84 Å². The van der Waals surface area contributed by atoms with Gasteiger partial charge >= 0.3 is 0 Å². The molecule has 0 spiro atoms. The van der Waals surface area contributed by atoms with E-state index in [-0.39, 0.29) is 18.0 Å². The summed E-state index contributed by atoms with van der Waals surface area (Å²) in [6.07, 6.45) is 0.381. The van der Waals surface area contributed by atoms with E-state index in [9.17, 15) is 9.90 Å². The lowest BCUT2D eigenvalue weighted by Crippen LogP contribution is -2.25. The Morgan fingerprint density at radius 2 is 2.25 bits per heavy atom. The fourth-order valence-electron chi connectivity index (χ4n) is 1.60. The fraction of sp³-hybridized carbons (Fsp3) is 0.250. The van der Waals surface area contributed by atoms with Gasteiger partial charge in [0.25, 0.3) is 0 Å². The third kappa shape index (κ3) is 1.85. The number of Topliss-reactive ketones (excluding diaryl/α,β-unsaturated/α-hetero) is 1. The summed E-state index contributed by atoms with van der Waals surface area (Å²) in [5, 5.41) is 18.5. The number of carbonyl (C=O) groups excluding carboxylic acids is 1. The molecule has 1 heterocycles. The summed E-state index contributed by atoms with van der Waals surface area (Å²) in [4.78, 5) is 11.2. The maximum absolute atomic E-state index is 11.2. The first-order chi connectivity index (χ1) is 7.61. The molecule has 84 valence electrons. The van der Waals surface area contributed by atoms with Crippen LogP contribution < -0.4 is 4.74 Å². The highest BCUT2D eigenvalue weighted by Gasteiger charge is 2.23. The van der Waals surface area contributed by atoms with E-state index >= 15 is 0 Å². The molecular weight excluding hydrogens is 208 g/mol. The highest BCUT2D eigenvalue weighted by Crippen LogP contribution is 2.30. The number of hydrogen-bond donors (Lipinski definition) is 2. The first-order valence-corrected chi connectivity index (χ1v) is 4.93. The van der Waals surface area contributed by atoms with Gasteiger partial charge in [-0.3, -0.25) is 4.79 Å². The van der Waals surface area contributed by atoms with E-state index in [0.717, 1.165) is 5.56 Å². The fourth-order valence-corrected chi connectivity index (χ4v) is 1.60. The quantitative estimate of drug-likeness (QED) is 0.775. The summed E-state index contributed by atoms with van der Waals surface area (Å²) in [6, 6.07) is 5.13. The lowest BCUT2D eigenvalue weighted by atomic mass is 10.0. The van der Waals surface area contributed by atoms with Crippen molar-refractivity contribution in [1.29, 1.82) is 0 Å². The van der Waals surface area contributed by atoms with Gasteiger partial charge in [-0.2, -0.15) is 0 Å². The molecule has 0 radical (unpaired) electrons. The van der Waals surface area contributed by atoms with Gasteiger partial charge in [-0.15, -0.1) is 0 Å². The molecule has 2 N–H and O–H groups in total. The highest BCUT2D eigenvalue weighted by atomic mass is 16.6. The number of aliphatic hydroxyl groups excluding tert-OH is 2. The summed E-state index contributed by atoms with van der Waals surface area (Å²) in [5.41, 5.74) is 1.67. The lowest BCUT2D eigenvalue weighted by Gasteiger charge is -2.22. The predicted octanol–water partition coefficient (Wildman–Crippen LogP) is 0.862. The SMILES string of the molecule is CC(=O)C1=Cc2ccc(CO)cc2OC1O. The van der Waals surface area contributed by atoms with Crippen LogP contribution in [0.4, 0.5) is 0 Å². The van der Waals surface area contributed by atoms with Crippen LogP contribution in [0.3, 0.4) is 0 Å². The molecule has 0 aliphatic carbocycles.